The molecule has 1 aliphatic rings. The van der Waals surface area contributed by atoms with Crippen molar-refractivity contribution in [3.8, 4) is 0 Å². The van der Waals surface area contributed by atoms with Crippen molar-refractivity contribution < 1.29 is 24.4 Å². The summed E-state index contributed by atoms with van der Waals surface area (Å²) in [6.45, 7) is 0.238. The van der Waals surface area contributed by atoms with Gasteiger partial charge >= 0.3 is 5.97 Å². The van der Waals surface area contributed by atoms with Gasteiger partial charge in [0.2, 0.25) is 5.91 Å². The average molecular weight is 308 g/mol. The summed E-state index contributed by atoms with van der Waals surface area (Å²) in [4.78, 5) is 33.4. The Balaban J connectivity index is 1.94. The number of nitro benzene ring substituents is 1. The first-order valence-electron chi connectivity index (χ1n) is 6.78. The quantitative estimate of drug-likeness (QED) is 0.595. The number of amides is 1. The van der Waals surface area contributed by atoms with Crippen LogP contribution in [0.3, 0.4) is 0 Å². The third-order valence-corrected chi connectivity index (χ3v) is 3.57. The number of aliphatic carboxylic acids is 1. The van der Waals surface area contributed by atoms with Crippen molar-refractivity contribution in [1.82, 2.24) is 5.32 Å². The highest BCUT2D eigenvalue weighted by Crippen LogP contribution is 2.20. The molecule has 1 heterocycles. The molecule has 1 atom stereocenters. The number of non-ortho nitro benzene ring substituents is 1. The van der Waals surface area contributed by atoms with E-state index in [4.69, 9.17) is 4.74 Å². The first-order valence-corrected chi connectivity index (χ1v) is 6.78. The monoisotopic (exact) mass is 308 g/mol. The minimum Gasteiger partial charge on any atom is -0.479 e. The predicted octanol–water partition coefficient (Wildman–Crippen LogP) is 0.887. The van der Waals surface area contributed by atoms with E-state index < -0.39 is 22.3 Å². The lowest BCUT2D eigenvalue weighted by Gasteiger charge is -2.23. The van der Waals surface area contributed by atoms with Crippen LogP contribution in [-0.4, -0.2) is 40.7 Å². The number of carbonyl (C=O) groups excluding carboxylic acids is 1. The van der Waals surface area contributed by atoms with Gasteiger partial charge in [0, 0.05) is 31.6 Å². The highest BCUT2D eigenvalue weighted by molar-refractivity contribution is 5.87. The molecule has 0 saturated carbocycles. The fourth-order valence-electron chi connectivity index (χ4n) is 2.30. The van der Waals surface area contributed by atoms with Crippen molar-refractivity contribution in [3.63, 3.8) is 0 Å². The topological polar surface area (TPSA) is 119 Å². The van der Waals surface area contributed by atoms with Gasteiger partial charge in [0.15, 0.2) is 5.54 Å². The maximum Gasteiger partial charge on any atom is 0.331 e. The third kappa shape index (κ3) is 3.59. The zero-order chi connectivity index (χ0) is 16.2. The van der Waals surface area contributed by atoms with Crippen molar-refractivity contribution in [2.75, 3.05) is 13.2 Å². The molecule has 1 saturated heterocycles. The Morgan fingerprint density at radius 2 is 2.23 bits per heavy atom. The van der Waals surface area contributed by atoms with Gasteiger partial charge in [0.25, 0.3) is 5.69 Å². The second-order valence-electron chi connectivity index (χ2n) is 5.17. The Kier molecular flexibility index (Phi) is 4.71. The molecular formula is C14H16N2O6. The van der Waals surface area contributed by atoms with Crippen LogP contribution in [0, 0.1) is 10.1 Å². The van der Waals surface area contributed by atoms with E-state index in [-0.39, 0.29) is 31.7 Å². The molecule has 0 bridgehead atoms. The van der Waals surface area contributed by atoms with E-state index in [9.17, 15) is 24.8 Å². The molecular weight excluding hydrogens is 292 g/mol. The summed E-state index contributed by atoms with van der Waals surface area (Å²) in [6, 6.07) is 6.01. The lowest BCUT2D eigenvalue weighted by Crippen LogP contribution is -2.55. The van der Waals surface area contributed by atoms with Crippen LogP contribution in [0.4, 0.5) is 5.69 Å². The van der Waals surface area contributed by atoms with Crippen LogP contribution in [0.1, 0.15) is 18.4 Å². The second kappa shape index (κ2) is 6.52. The number of aryl methyl sites for hydroxylation is 1. The number of hydrogen-bond donors (Lipinski definition) is 2. The van der Waals surface area contributed by atoms with Gasteiger partial charge in [-0.25, -0.2) is 4.79 Å². The molecule has 8 nitrogen and oxygen atoms in total. The number of benzene rings is 1. The molecule has 0 aromatic heterocycles. The highest BCUT2D eigenvalue weighted by Gasteiger charge is 2.43. The highest BCUT2D eigenvalue weighted by atomic mass is 16.6. The van der Waals surface area contributed by atoms with Crippen LogP contribution in [0.2, 0.25) is 0 Å². The SMILES string of the molecule is O=C(CCc1cccc([N+](=O)[O-])c1)NC1(C(=O)O)CCOC1. The summed E-state index contributed by atoms with van der Waals surface area (Å²) >= 11 is 0. The zero-order valence-electron chi connectivity index (χ0n) is 11.8. The van der Waals surface area contributed by atoms with E-state index in [0.29, 0.717) is 12.0 Å². The smallest absolute Gasteiger partial charge is 0.331 e. The van der Waals surface area contributed by atoms with Gasteiger partial charge in [0.1, 0.15) is 0 Å². The molecule has 0 radical (unpaired) electrons. The van der Waals surface area contributed by atoms with Crippen LogP contribution in [-0.2, 0) is 20.7 Å². The van der Waals surface area contributed by atoms with Crippen LogP contribution in [0.25, 0.3) is 0 Å². The number of carboxylic acid groups (broad SMARTS) is 1. The first-order chi connectivity index (χ1) is 10.4. The normalized spacial score (nSPS) is 20.5. The molecule has 0 aliphatic carbocycles. The van der Waals surface area contributed by atoms with Gasteiger partial charge in [-0.1, -0.05) is 12.1 Å². The van der Waals surface area contributed by atoms with E-state index in [0.717, 1.165) is 0 Å². The van der Waals surface area contributed by atoms with Crippen molar-refractivity contribution in [2.45, 2.75) is 24.8 Å². The molecule has 1 aliphatic heterocycles. The van der Waals surface area contributed by atoms with Crippen molar-refractivity contribution in [1.29, 1.82) is 0 Å². The number of rotatable bonds is 6. The average Bonchev–Trinajstić information content (AvgIpc) is 2.95. The van der Waals surface area contributed by atoms with E-state index >= 15 is 0 Å². The maximum absolute atomic E-state index is 11.9. The van der Waals surface area contributed by atoms with Gasteiger partial charge < -0.3 is 15.2 Å². The number of nitrogens with one attached hydrogen (secondary N) is 1. The number of hydrogen-bond acceptors (Lipinski definition) is 5. The van der Waals surface area contributed by atoms with E-state index in [2.05, 4.69) is 5.32 Å². The van der Waals surface area contributed by atoms with Gasteiger partial charge in [0.05, 0.1) is 11.5 Å². The van der Waals surface area contributed by atoms with Crippen molar-refractivity contribution in [2.24, 2.45) is 0 Å². The minimum atomic E-state index is -1.36. The largest absolute Gasteiger partial charge is 0.479 e. The molecule has 1 aromatic rings. The summed E-state index contributed by atoms with van der Waals surface area (Å²) in [6.07, 6.45) is 0.575. The summed E-state index contributed by atoms with van der Waals surface area (Å²) in [5, 5.41) is 22.4. The van der Waals surface area contributed by atoms with Crippen molar-refractivity contribution >= 4 is 17.6 Å². The summed E-state index contributed by atoms with van der Waals surface area (Å²) in [5.41, 5.74) is -0.750. The fraction of sp³-hybridized carbons (Fsp3) is 0.429. The van der Waals surface area contributed by atoms with E-state index in [1.54, 1.807) is 12.1 Å². The Morgan fingerprint density at radius 3 is 2.82 bits per heavy atom. The van der Waals surface area contributed by atoms with Gasteiger partial charge in [-0.3, -0.25) is 14.9 Å². The van der Waals surface area contributed by atoms with Gasteiger partial charge in [-0.05, 0) is 12.0 Å². The Labute approximate surface area is 126 Å². The van der Waals surface area contributed by atoms with Crippen LogP contribution >= 0.6 is 0 Å². The molecule has 0 spiro atoms. The number of carboxylic acids is 1. The standard InChI is InChI=1S/C14H16N2O6/c17-12(15-14(13(18)19)6-7-22-9-14)5-4-10-2-1-3-11(8-10)16(20)21/h1-3,8H,4-7,9H2,(H,15,17)(H,18,19). The Hall–Kier alpha value is -2.48. The summed E-state index contributed by atoms with van der Waals surface area (Å²) < 4.78 is 5.06. The zero-order valence-corrected chi connectivity index (χ0v) is 11.8. The first kappa shape index (κ1) is 15.9. The Bertz CT molecular complexity index is 595. The fourth-order valence-corrected chi connectivity index (χ4v) is 2.30. The Morgan fingerprint density at radius 1 is 1.45 bits per heavy atom. The molecule has 1 unspecified atom stereocenters. The summed E-state index contributed by atoms with van der Waals surface area (Å²) in [5.74, 6) is -1.53. The minimum absolute atomic E-state index is 0.0379. The summed E-state index contributed by atoms with van der Waals surface area (Å²) in [7, 11) is 0. The lowest BCUT2D eigenvalue weighted by molar-refractivity contribution is -0.384. The number of nitrogens with zero attached hydrogens (tertiary/aromatic N) is 1. The molecule has 118 valence electrons. The second-order valence-corrected chi connectivity index (χ2v) is 5.17. The van der Waals surface area contributed by atoms with Crippen LogP contribution < -0.4 is 5.32 Å². The number of ether oxygens (including phenoxy) is 1. The number of nitro groups is 1. The van der Waals surface area contributed by atoms with Crippen LogP contribution in [0.5, 0.6) is 0 Å². The molecule has 8 heteroatoms. The lowest BCUT2D eigenvalue weighted by atomic mass is 9.98. The third-order valence-electron chi connectivity index (χ3n) is 3.57. The van der Waals surface area contributed by atoms with Crippen LogP contribution in [0.15, 0.2) is 24.3 Å². The van der Waals surface area contributed by atoms with Crippen molar-refractivity contribution in [3.05, 3.63) is 39.9 Å². The molecule has 1 aromatic carbocycles. The van der Waals surface area contributed by atoms with E-state index in [1.807, 2.05) is 0 Å². The number of carbonyl (C=O) groups is 2. The predicted molar refractivity (Wildman–Crippen MR) is 75.4 cm³/mol. The molecule has 2 rings (SSSR count). The maximum atomic E-state index is 11.9. The molecule has 1 fully saturated rings. The molecule has 22 heavy (non-hydrogen) atoms. The van der Waals surface area contributed by atoms with Gasteiger partial charge in [-0.2, -0.15) is 0 Å². The van der Waals surface area contributed by atoms with E-state index in [1.165, 1.54) is 12.1 Å². The molecule has 2 N–H and O–H groups in total. The van der Waals surface area contributed by atoms with Gasteiger partial charge in [-0.15, -0.1) is 0 Å². The molecule has 1 amide bonds.